The number of rotatable bonds is 9. The fraction of sp³-hybridized carbons (Fsp3) is 0.350. The summed E-state index contributed by atoms with van der Waals surface area (Å²) in [4.78, 5) is 11.9. The zero-order valence-corrected chi connectivity index (χ0v) is 17.3. The number of hydrogen-bond acceptors (Lipinski definition) is 5. The second-order valence-corrected chi connectivity index (χ2v) is 8.29. The van der Waals surface area contributed by atoms with Crippen molar-refractivity contribution in [3.05, 3.63) is 53.6 Å². The molecule has 0 heterocycles. The van der Waals surface area contributed by atoms with Crippen LogP contribution in [0.1, 0.15) is 18.1 Å². The lowest BCUT2D eigenvalue weighted by Crippen LogP contribution is -2.38. The van der Waals surface area contributed by atoms with E-state index in [0.717, 1.165) is 11.1 Å². The maximum atomic E-state index is 12.6. The number of amides is 1. The van der Waals surface area contributed by atoms with Crippen molar-refractivity contribution in [2.45, 2.75) is 31.7 Å². The van der Waals surface area contributed by atoms with Gasteiger partial charge in [-0.15, -0.1) is 0 Å². The van der Waals surface area contributed by atoms with Gasteiger partial charge in [-0.25, -0.2) is 8.42 Å². The van der Waals surface area contributed by atoms with Gasteiger partial charge in [0.2, 0.25) is 0 Å². The fourth-order valence-electron chi connectivity index (χ4n) is 2.52. The van der Waals surface area contributed by atoms with Gasteiger partial charge in [0.25, 0.3) is 15.9 Å². The van der Waals surface area contributed by atoms with E-state index >= 15 is 0 Å². The van der Waals surface area contributed by atoms with Crippen molar-refractivity contribution in [1.29, 1.82) is 0 Å². The predicted molar refractivity (Wildman–Crippen MR) is 108 cm³/mol. The molecule has 152 valence electrons. The standard InChI is InChI=1S/C20H26N2O5S/c1-14-5-6-15(2)19(11-14)22-28(24,25)18-9-7-17(8-10-18)27-13-20(23)21-16(3)12-26-4/h5-11,16,22H,12-13H2,1-4H3,(H,21,23)/t16-/m1/s1. The molecule has 0 aromatic heterocycles. The van der Waals surface area contributed by atoms with E-state index in [0.29, 0.717) is 18.0 Å². The lowest BCUT2D eigenvalue weighted by Gasteiger charge is -2.14. The zero-order chi connectivity index (χ0) is 20.7. The number of carbonyl (C=O) groups is 1. The minimum absolute atomic E-state index is 0.110. The van der Waals surface area contributed by atoms with Crippen LogP contribution in [-0.2, 0) is 19.6 Å². The van der Waals surface area contributed by atoms with Crippen molar-refractivity contribution in [3.8, 4) is 5.75 Å². The van der Waals surface area contributed by atoms with E-state index in [2.05, 4.69) is 10.0 Å². The molecule has 0 aliphatic rings. The zero-order valence-electron chi connectivity index (χ0n) is 16.5. The molecule has 0 bridgehead atoms. The lowest BCUT2D eigenvalue weighted by atomic mass is 10.1. The molecule has 0 aliphatic carbocycles. The Labute approximate surface area is 166 Å². The molecular weight excluding hydrogens is 380 g/mol. The molecule has 2 aromatic rings. The number of ether oxygens (including phenoxy) is 2. The van der Waals surface area contributed by atoms with Crippen molar-refractivity contribution in [2.75, 3.05) is 25.0 Å². The summed E-state index contributed by atoms with van der Waals surface area (Å²) in [6, 6.07) is 11.4. The minimum atomic E-state index is -3.72. The van der Waals surface area contributed by atoms with Crippen LogP contribution in [0.15, 0.2) is 47.4 Å². The second-order valence-electron chi connectivity index (χ2n) is 6.61. The molecular formula is C20H26N2O5S. The number of carbonyl (C=O) groups excluding carboxylic acids is 1. The Kier molecular flexibility index (Phi) is 7.42. The molecule has 28 heavy (non-hydrogen) atoms. The summed E-state index contributed by atoms with van der Waals surface area (Å²) in [5.74, 6) is 0.123. The van der Waals surface area contributed by atoms with Crippen LogP contribution in [0.4, 0.5) is 5.69 Å². The van der Waals surface area contributed by atoms with Gasteiger partial charge in [0, 0.05) is 13.2 Å². The third-order valence-electron chi connectivity index (χ3n) is 3.97. The molecule has 0 fully saturated rings. The molecule has 1 amide bonds. The monoisotopic (exact) mass is 406 g/mol. The van der Waals surface area contributed by atoms with Gasteiger partial charge in [-0.3, -0.25) is 9.52 Å². The molecule has 2 rings (SSSR count). The molecule has 0 unspecified atom stereocenters. The highest BCUT2D eigenvalue weighted by atomic mass is 32.2. The smallest absolute Gasteiger partial charge is 0.261 e. The molecule has 0 spiro atoms. The molecule has 0 saturated carbocycles. The third kappa shape index (κ3) is 6.24. The molecule has 0 aliphatic heterocycles. The van der Waals surface area contributed by atoms with Crippen LogP contribution >= 0.6 is 0 Å². The van der Waals surface area contributed by atoms with Crippen molar-refractivity contribution < 1.29 is 22.7 Å². The Morgan fingerprint density at radius 2 is 1.79 bits per heavy atom. The van der Waals surface area contributed by atoms with Gasteiger partial charge in [-0.05, 0) is 62.2 Å². The van der Waals surface area contributed by atoms with Gasteiger partial charge in [-0.1, -0.05) is 12.1 Å². The Hall–Kier alpha value is -2.58. The van der Waals surface area contributed by atoms with Crippen LogP contribution < -0.4 is 14.8 Å². The van der Waals surface area contributed by atoms with E-state index in [1.54, 1.807) is 13.2 Å². The van der Waals surface area contributed by atoms with E-state index < -0.39 is 10.0 Å². The Morgan fingerprint density at radius 1 is 1.11 bits per heavy atom. The Bertz CT molecular complexity index is 911. The topological polar surface area (TPSA) is 93.7 Å². The number of anilines is 1. The van der Waals surface area contributed by atoms with Crippen molar-refractivity contribution >= 4 is 21.6 Å². The van der Waals surface area contributed by atoms with Crippen molar-refractivity contribution in [1.82, 2.24) is 5.32 Å². The summed E-state index contributed by atoms with van der Waals surface area (Å²) in [7, 11) is -2.16. The third-order valence-corrected chi connectivity index (χ3v) is 5.35. The summed E-state index contributed by atoms with van der Waals surface area (Å²) in [6.07, 6.45) is 0. The quantitative estimate of drug-likeness (QED) is 0.668. The lowest BCUT2D eigenvalue weighted by molar-refractivity contribution is -0.124. The van der Waals surface area contributed by atoms with Gasteiger partial charge in [0.1, 0.15) is 5.75 Å². The highest BCUT2D eigenvalue weighted by molar-refractivity contribution is 7.92. The van der Waals surface area contributed by atoms with Gasteiger partial charge in [-0.2, -0.15) is 0 Å². The van der Waals surface area contributed by atoms with Crippen LogP contribution in [0.5, 0.6) is 5.75 Å². The van der Waals surface area contributed by atoms with Crippen LogP contribution in [0.3, 0.4) is 0 Å². The largest absolute Gasteiger partial charge is 0.484 e. The van der Waals surface area contributed by atoms with E-state index in [-0.39, 0.29) is 23.5 Å². The molecule has 7 nitrogen and oxygen atoms in total. The average Bonchev–Trinajstić information content (AvgIpc) is 2.63. The normalized spacial score (nSPS) is 12.3. The van der Waals surface area contributed by atoms with E-state index in [9.17, 15) is 13.2 Å². The molecule has 8 heteroatoms. The summed E-state index contributed by atoms with van der Waals surface area (Å²) in [5.41, 5.74) is 2.34. The van der Waals surface area contributed by atoms with E-state index in [4.69, 9.17) is 9.47 Å². The molecule has 0 radical (unpaired) electrons. The van der Waals surface area contributed by atoms with Gasteiger partial charge in [0.05, 0.1) is 17.2 Å². The van der Waals surface area contributed by atoms with Crippen molar-refractivity contribution in [3.63, 3.8) is 0 Å². The van der Waals surface area contributed by atoms with E-state index in [1.165, 1.54) is 24.3 Å². The number of hydrogen-bond donors (Lipinski definition) is 2. The van der Waals surface area contributed by atoms with Crippen LogP contribution in [0, 0.1) is 13.8 Å². The highest BCUT2D eigenvalue weighted by Gasteiger charge is 2.16. The number of benzene rings is 2. The van der Waals surface area contributed by atoms with Crippen molar-refractivity contribution in [2.24, 2.45) is 0 Å². The summed E-state index contributed by atoms with van der Waals surface area (Å²) in [6.45, 7) is 5.80. The van der Waals surface area contributed by atoms with Gasteiger partial charge < -0.3 is 14.8 Å². The summed E-state index contributed by atoms with van der Waals surface area (Å²) >= 11 is 0. The minimum Gasteiger partial charge on any atom is -0.484 e. The maximum Gasteiger partial charge on any atom is 0.261 e. The first-order valence-corrected chi connectivity index (χ1v) is 10.3. The SMILES string of the molecule is COC[C@@H](C)NC(=O)COc1ccc(S(=O)(=O)Nc2cc(C)ccc2C)cc1. The van der Waals surface area contributed by atoms with Crippen LogP contribution in [-0.4, -0.2) is 40.7 Å². The number of aryl methyl sites for hydroxylation is 2. The molecule has 0 saturated heterocycles. The number of sulfonamides is 1. The summed E-state index contributed by atoms with van der Waals surface area (Å²) in [5, 5.41) is 2.73. The molecule has 2 N–H and O–H groups in total. The maximum absolute atomic E-state index is 12.6. The summed E-state index contributed by atoms with van der Waals surface area (Å²) < 4.78 is 38.1. The molecule has 1 atom stereocenters. The second kappa shape index (κ2) is 9.57. The number of methoxy groups -OCH3 is 1. The highest BCUT2D eigenvalue weighted by Crippen LogP contribution is 2.22. The predicted octanol–water partition coefficient (Wildman–Crippen LogP) is 2.63. The van der Waals surface area contributed by atoms with Gasteiger partial charge >= 0.3 is 0 Å². The first-order valence-electron chi connectivity index (χ1n) is 8.82. The van der Waals surface area contributed by atoms with Gasteiger partial charge in [0.15, 0.2) is 6.61 Å². The fourth-order valence-corrected chi connectivity index (χ4v) is 3.64. The Morgan fingerprint density at radius 3 is 2.43 bits per heavy atom. The first kappa shape index (κ1) is 21.7. The van der Waals surface area contributed by atoms with Crippen LogP contribution in [0.25, 0.3) is 0 Å². The number of nitrogens with one attached hydrogen (secondary N) is 2. The average molecular weight is 407 g/mol. The van der Waals surface area contributed by atoms with Crippen LogP contribution in [0.2, 0.25) is 0 Å². The first-order chi connectivity index (χ1) is 13.2. The van der Waals surface area contributed by atoms with E-state index in [1.807, 2.05) is 32.9 Å². The Balaban J connectivity index is 1.99. The molecule has 2 aromatic carbocycles.